The highest BCUT2D eigenvalue weighted by Gasteiger charge is 2.23. The Hall–Kier alpha value is -3.19. The minimum Gasteiger partial charge on any atom is -0.494 e. The largest absolute Gasteiger partial charge is 0.494 e. The molecule has 1 heterocycles. The Morgan fingerprint density at radius 1 is 0.921 bits per heavy atom. The fourth-order valence-electron chi connectivity index (χ4n) is 4.93. The van der Waals surface area contributed by atoms with Crippen LogP contribution in [0.15, 0.2) is 42.5 Å². The summed E-state index contributed by atoms with van der Waals surface area (Å²) >= 11 is 0. The Balaban J connectivity index is 1.71. The Morgan fingerprint density at radius 2 is 1.55 bits per heavy atom. The summed E-state index contributed by atoms with van der Waals surface area (Å²) < 4.78 is 7.86. The molecule has 206 valence electrons. The second kappa shape index (κ2) is 14.7. The third kappa shape index (κ3) is 7.44. The van der Waals surface area contributed by atoms with E-state index < -0.39 is 0 Å². The summed E-state index contributed by atoms with van der Waals surface area (Å²) in [5, 5.41) is 12.2. The molecule has 3 rings (SSSR count). The number of nitrogens with zero attached hydrogens (tertiary/aromatic N) is 3. The molecule has 0 amide bonds. The number of hydrogen-bond acceptors (Lipinski definition) is 5. The lowest BCUT2D eigenvalue weighted by Gasteiger charge is -2.21. The number of aromatic nitrogens is 1. The molecule has 0 radical (unpaired) electrons. The number of rotatable bonds is 17. The van der Waals surface area contributed by atoms with Gasteiger partial charge in [-0.3, -0.25) is 14.9 Å². The molecule has 3 aromatic rings. The first-order valence-electron chi connectivity index (χ1n) is 14.2. The van der Waals surface area contributed by atoms with Gasteiger partial charge in [0.1, 0.15) is 5.75 Å². The van der Waals surface area contributed by atoms with Crippen molar-refractivity contribution in [3.05, 3.63) is 69.4 Å². The Morgan fingerprint density at radius 3 is 2.16 bits per heavy atom. The van der Waals surface area contributed by atoms with E-state index in [4.69, 9.17) is 4.74 Å². The van der Waals surface area contributed by atoms with Gasteiger partial charge in [0.05, 0.1) is 17.2 Å². The van der Waals surface area contributed by atoms with Gasteiger partial charge in [0.2, 0.25) is 5.78 Å². The van der Waals surface area contributed by atoms with Crippen molar-refractivity contribution in [1.82, 2.24) is 9.47 Å². The maximum absolute atomic E-state index is 13.7. The average molecular weight is 522 g/mol. The number of aryl methyl sites for hydroxylation is 2. The number of fused-ring (bicyclic) bond motifs is 1. The maximum Gasteiger partial charge on any atom is 0.270 e. The van der Waals surface area contributed by atoms with Gasteiger partial charge >= 0.3 is 0 Å². The predicted molar refractivity (Wildman–Crippen MR) is 154 cm³/mol. The van der Waals surface area contributed by atoms with E-state index in [-0.39, 0.29) is 16.4 Å². The molecule has 0 unspecified atom stereocenters. The quantitative estimate of drug-likeness (QED) is 0.0804. The number of carbonyl (C=O) groups excluding carboxylic acids is 1. The Bertz CT molecular complexity index is 1190. The monoisotopic (exact) mass is 521 g/mol. The Kier molecular flexibility index (Phi) is 11.3. The van der Waals surface area contributed by atoms with Crippen molar-refractivity contribution in [1.29, 1.82) is 0 Å². The average Bonchev–Trinajstić information content (AvgIpc) is 3.21. The summed E-state index contributed by atoms with van der Waals surface area (Å²) in [5.74, 6) is 0.681. The number of ether oxygens (including phenoxy) is 1. The van der Waals surface area contributed by atoms with E-state index in [0.29, 0.717) is 24.3 Å². The second-order valence-electron chi connectivity index (χ2n) is 10.1. The lowest BCUT2D eigenvalue weighted by Crippen LogP contribution is -2.28. The fourth-order valence-corrected chi connectivity index (χ4v) is 4.93. The molecule has 0 N–H and O–H groups in total. The van der Waals surface area contributed by atoms with Crippen LogP contribution >= 0.6 is 0 Å². The van der Waals surface area contributed by atoms with Crippen molar-refractivity contribution < 1.29 is 14.5 Å². The van der Waals surface area contributed by atoms with Crippen molar-refractivity contribution in [3.63, 3.8) is 0 Å². The van der Waals surface area contributed by atoms with Gasteiger partial charge in [-0.15, -0.1) is 0 Å². The van der Waals surface area contributed by atoms with Crippen LogP contribution in [0.1, 0.15) is 87.3 Å². The molecule has 0 aliphatic rings. The topological polar surface area (TPSA) is 77.6 Å². The van der Waals surface area contributed by atoms with Crippen molar-refractivity contribution in [2.45, 2.75) is 72.1 Å². The van der Waals surface area contributed by atoms with Crippen LogP contribution in [0.5, 0.6) is 5.75 Å². The number of hydrogen-bond donors (Lipinski definition) is 0. The highest BCUT2D eigenvalue weighted by atomic mass is 16.6. The molecule has 0 bridgehead atoms. The van der Waals surface area contributed by atoms with Crippen LogP contribution < -0.4 is 4.74 Å². The van der Waals surface area contributed by atoms with E-state index in [1.165, 1.54) is 31.7 Å². The zero-order valence-electron chi connectivity index (χ0n) is 23.5. The van der Waals surface area contributed by atoms with Gasteiger partial charge in [0, 0.05) is 42.2 Å². The minimum absolute atomic E-state index is 0.0418. The van der Waals surface area contributed by atoms with Crippen LogP contribution in [-0.2, 0) is 13.5 Å². The zero-order chi connectivity index (χ0) is 27.5. The summed E-state index contributed by atoms with van der Waals surface area (Å²) in [7, 11) is 1.86. The van der Waals surface area contributed by atoms with Crippen LogP contribution in [0.2, 0.25) is 0 Å². The van der Waals surface area contributed by atoms with Crippen molar-refractivity contribution in [2.24, 2.45) is 7.05 Å². The standard InChI is InChI=1S/C31H43N3O4/c1-5-8-12-27-28-23-25(34(36)37)15-18-29(28)32(4)30(27)31(35)24-13-16-26(17-14-24)38-22-11-21-33(19-9-6-2)20-10-7-3/h13-18,23H,5-12,19-22H2,1-4H3. The van der Waals surface area contributed by atoms with Crippen LogP contribution in [0.4, 0.5) is 5.69 Å². The van der Waals surface area contributed by atoms with Gasteiger partial charge in [-0.05, 0) is 81.1 Å². The van der Waals surface area contributed by atoms with Crippen LogP contribution in [0.25, 0.3) is 10.9 Å². The predicted octanol–water partition coefficient (Wildman–Crippen LogP) is 7.33. The minimum atomic E-state index is -0.385. The van der Waals surface area contributed by atoms with E-state index in [1.807, 2.05) is 35.9 Å². The van der Waals surface area contributed by atoms with Gasteiger partial charge in [0.25, 0.3) is 5.69 Å². The summed E-state index contributed by atoms with van der Waals surface area (Å²) in [5.41, 5.74) is 2.94. The number of nitro benzene ring substituents is 1. The van der Waals surface area contributed by atoms with E-state index in [1.54, 1.807) is 12.1 Å². The van der Waals surface area contributed by atoms with Crippen LogP contribution in [0.3, 0.4) is 0 Å². The molecule has 0 saturated heterocycles. The molecule has 0 aliphatic heterocycles. The molecule has 38 heavy (non-hydrogen) atoms. The lowest BCUT2D eigenvalue weighted by molar-refractivity contribution is -0.384. The highest BCUT2D eigenvalue weighted by Crippen LogP contribution is 2.32. The van der Waals surface area contributed by atoms with Crippen molar-refractivity contribution in [3.8, 4) is 5.75 Å². The molecular weight excluding hydrogens is 478 g/mol. The molecule has 0 spiro atoms. The van der Waals surface area contributed by atoms with E-state index in [9.17, 15) is 14.9 Å². The summed E-state index contributed by atoms with van der Waals surface area (Å²) in [6.45, 7) is 10.5. The molecule has 0 atom stereocenters. The normalized spacial score (nSPS) is 11.4. The number of carbonyl (C=O) groups is 1. The maximum atomic E-state index is 13.7. The Labute approximate surface area is 226 Å². The summed E-state index contributed by atoms with van der Waals surface area (Å²) in [6, 6.07) is 12.2. The molecule has 0 saturated carbocycles. The first kappa shape index (κ1) is 29.4. The van der Waals surface area contributed by atoms with Crippen LogP contribution in [0, 0.1) is 10.1 Å². The molecule has 2 aromatic carbocycles. The van der Waals surface area contributed by atoms with Crippen LogP contribution in [-0.4, -0.2) is 46.4 Å². The first-order valence-corrected chi connectivity index (χ1v) is 14.2. The second-order valence-corrected chi connectivity index (χ2v) is 10.1. The number of unbranched alkanes of at least 4 members (excludes halogenated alkanes) is 3. The third-order valence-corrected chi connectivity index (χ3v) is 7.15. The lowest BCUT2D eigenvalue weighted by atomic mass is 9.99. The molecule has 7 heteroatoms. The number of benzene rings is 2. The van der Waals surface area contributed by atoms with E-state index in [2.05, 4.69) is 25.7 Å². The SMILES string of the molecule is CCCCc1c(C(=O)c2ccc(OCCCN(CCCC)CCCC)cc2)n(C)c2ccc([N+](=O)[O-])cc12. The van der Waals surface area contributed by atoms with E-state index >= 15 is 0 Å². The summed E-state index contributed by atoms with van der Waals surface area (Å²) in [6.07, 6.45) is 8.43. The molecule has 0 fully saturated rings. The van der Waals surface area contributed by atoms with Gasteiger partial charge in [-0.1, -0.05) is 40.0 Å². The summed E-state index contributed by atoms with van der Waals surface area (Å²) in [4.78, 5) is 27.2. The molecule has 0 aliphatic carbocycles. The van der Waals surface area contributed by atoms with Crippen molar-refractivity contribution in [2.75, 3.05) is 26.2 Å². The van der Waals surface area contributed by atoms with Gasteiger partial charge in [-0.25, -0.2) is 0 Å². The molecule has 7 nitrogen and oxygen atoms in total. The smallest absolute Gasteiger partial charge is 0.270 e. The number of ketones is 1. The first-order chi connectivity index (χ1) is 18.4. The number of nitro groups is 1. The third-order valence-electron chi connectivity index (χ3n) is 7.15. The fraction of sp³-hybridized carbons (Fsp3) is 0.516. The molecular formula is C31H43N3O4. The van der Waals surface area contributed by atoms with Gasteiger partial charge in [0.15, 0.2) is 0 Å². The number of non-ortho nitro benzene ring substituents is 1. The van der Waals surface area contributed by atoms with E-state index in [0.717, 1.165) is 61.1 Å². The van der Waals surface area contributed by atoms with Crippen molar-refractivity contribution >= 4 is 22.4 Å². The zero-order valence-corrected chi connectivity index (χ0v) is 23.5. The highest BCUT2D eigenvalue weighted by molar-refractivity contribution is 6.12. The van der Waals surface area contributed by atoms with Gasteiger partial charge < -0.3 is 14.2 Å². The van der Waals surface area contributed by atoms with Gasteiger partial charge in [-0.2, -0.15) is 0 Å². The molecule has 1 aromatic heterocycles.